The molecule has 2 fully saturated rings. The van der Waals surface area contributed by atoms with Gasteiger partial charge < -0.3 is 9.30 Å². The largest absolute Gasteiger partial charge is 0.416 e. The van der Waals surface area contributed by atoms with E-state index in [1.165, 1.54) is 12.1 Å². The van der Waals surface area contributed by atoms with Gasteiger partial charge in [-0.2, -0.15) is 13.2 Å². The van der Waals surface area contributed by atoms with Gasteiger partial charge in [0.25, 0.3) is 0 Å². The van der Waals surface area contributed by atoms with E-state index in [0.717, 1.165) is 61.0 Å². The number of alkyl halides is 3. The molecular weight excluding hydrogens is 489 g/mol. The van der Waals surface area contributed by atoms with Crippen LogP contribution in [0.4, 0.5) is 13.2 Å². The average Bonchev–Trinajstić information content (AvgIpc) is 3.25. The lowest BCUT2D eigenvalue weighted by atomic mass is 9.84. The molecule has 2 aromatic heterocycles. The minimum atomic E-state index is -4.40. The molecule has 0 unspecified atom stereocenters. The molecule has 0 bridgehead atoms. The van der Waals surface area contributed by atoms with Gasteiger partial charge in [-0.05, 0) is 48.2 Å². The summed E-state index contributed by atoms with van der Waals surface area (Å²) in [6, 6.07) is 19.1. The molecule has 196 valence electrons. The first-order chi connectivity index (χ1) is 18.4. The highest BCUT2D eigenvalue weighted by Gasteiger charge is 2.32. The van der Waals surface area contributed by atoms with Crippen LogP contribution in [0.5, 0.6) is 0 Å². The summed E-state index contributed by atoms with van der Waals surface area (Å²) >= 11 is 0. The lowest BCUT2D eigenvalue weighted by Gasteiger charge is -2.38. The van der Waals surface area contributed by atoms with Gasteiger partial charge in [-0.15, -0.1) is 0 Å². The molecule has 0 radical (unpaired) electrons. The summed E-state index contributed by atoms with van der Waals surface area (Å²) in [5.74, 6) is 0.501. The van der Waals surface area contributed by atoms with E-state index in [0.29, 0.717) is 36.7 Å². The van der Waals surface area contributed by atoms with Crippen molar-refractivity contribution in [2.45, 2.75) is 32.0 Å². The maximum atomic E-state index is 13.4. The second-order valence-electron chi connectivity index (χ2n) is 10.2. The third-order valence-corrected chi connectivity index (χ3v) is 7.80. The van der Waals surface area contributed by atoms with Crippen LogP contribution in [-0.2, 0) is 17.5 Å². The van der Waals surface area contributed by atoms with Gasteiger partial charge in [0.15, 0.2) is 0 Å². The van der Waals surface area contributed by atoms with Crippen molar-refractivity contribution >= 4 is 11.6 Å². The molecule has 1 aliphatic carbocycles. The van der Waals surface area contributed by atoms with Crippen molar-refractivity contribution < 1.29 is 18.0 Å². The molecule has 4 aromatic rings. The number of hydrogen-bond acceptors (Lipinski definition) is 3. The smallest absolute Gasteiger partial charge is 0.340 e. The number of nitrogens with zero attached hydrogens (tertiary/aromatic N) is 4. The Kier molecular flexibility index (Phi) is 6.43. The molecule has 1 amide bonds. The maximum Gasteiger partial charge on any atom is 0.416 e. The van der Waals surface area contributed by atoms with Crippen molar-refractivity contribution in [1.29, 1.82) is 0 Å². The van der Waals surface area contributed by atoms with Crippen molar-refractivity contribution in [2.24, 2.45) is 5.92 Å². The quantitative estimate of drug-likeness (QED) is 0.319. The zero-order valence-electron chi connectivity index (χ0n) is 21.0. The van der Waals surface area contributed by atoms with E-state index in [1.807, 2.05) is 58.0 Å². The van der Waals surface area contributed by atoms with Gasteiger partial charge in [0.1, 0.15) is 5.65 Å². The number of carbonyl (C=O) groups is 1. The zero-order valence-corrected chi connectivity index (χ0v) is 21.0. The topological polar surface area (TPSA) is 40.9 Å². The number of aromatic nitrogens is 2. The monoisotopic (exact) mass is 518 g/mol. The van der Waals surface area contributed by atoms with Gasteiger partial charge in [0, 0.05) is 50.4 Å². The van der Waals surface area contributed by atoms with Gasteiger partial charge in [0.05, 0.1) is 17.0 Å². The SMILES string of the molecule is O=C(C1CCC1)N1CCN(Cc2c(-c3ccccc3)nc3ccc(-c4cccc(C(F)(F)F)c4)cn23)CC1. The van der Waals surface area contributed by atoms with Gasteiger partial charge in [-0.1, -0.05) is 48.9 Å². The van der Waals surface area contributed by atoms with Crippen LogP contribution in [0, 0.1) is 5.92 Å². The van der Waals surface area contributed by atoms with E-state index < -0.39 is 11.7 Å². The summed E-state index contributed by atoms with van der Waals surface area (Å²) in [7, 11) is 0. The fourth-order valence-corrected chi connectivity index (χ4v) is 5.37. The molecular formula is C30H29F3N4O. The molecule has 6 rings (SSSR count). The minimum Gasteiger partial charge on any atom is -0.340 e. The summed E-state index contributed by atoms with van der Waals surface area (Å²) in [6.45, 7) is 3.59. The fourth-order valence-electron chi connectivity index (χ4n) is 5.37. The third kappa shape index (κ3) is 4.80. The molecule has 2 aromatic carbocycles. The number of fused-ring (bicyclic) bond motifs is 1. The van der Waals surface area contributed by atoms with Gasteiger partial charge >= 0.3 is 6.18 Å². The highest BCUT2D eigenvalue weighted by Crippen LogP contribution is 2.34. The number of pyridine rings is 1. The average molecular weight is 519 g/mol. The van der Waals surface area contributed by atoms with Crippen LogP contribution in [0.2, 0.25) is 0 Å². The lowest BCUT2D eigenvalue weighted by molar-refractivity contribution is -0.140. The Morgan fingerprint density at radius 3 is 2.29 bits per heavy atom. The van der Waals surface area contributed by atoms with E-state index in [4.69, 9.17) is 4.98 Å². The Labute approximate surface area is 219 Å². The fraction of sp³-hybridized carbons (Fsp3) is 0.333. The summed E-state index contributed by atoms with van der Waals surface area (Å²) in [6.07, 6.45) is 0.652. The molecule has 0 atom stereocenters. The Morgan fingerprint density at radius 1 is 0.868 bits per heavy atom. The molecule has 5 nitrogen and oxygen atoms in total. The number of piperazine rings is 1. The van der Waals surface area contributed by atoms with Crippen LogP contribution in [0.3, 0.4) is 0 Å². The van der Waals surface area contributed by atoms with Crippen molar-refractivity contribution in [2.75, 3.05) is 26.2 Å². The van der Waals surface area contributed by atoms with Crippen molar-refractivity contribution in [3.05, 3.63) is 84.2 Å². The Balaban J connectivity index is 1.33. The predicted molar refractivity (Wildman–Crippen MR) is 140 cm³/mol. The number of carbonyl (C=O) groups excluding carboxylic acids is 1. The van der Waals surface area contributed by atoms with E-state index in [1.54, 1.807) is 6.07 Å². The number of rotatable bonds is 5. The number of benzene rings is 2. The number of amides is 1. The van der Waals surface area contributed by atoms with Crippen LogP contribution < -0.4 is 0 Å². The predicted octanol–water partition coefficient (Wildman–Crippen LogP) is 6.13. The van der Waals surface area contributed by atoms with Gasteiger partial charge in [0.2, 0.25) is 5.91 Å². The summed E-state index contributed by atoms with van der Waals surface area (Å²) in [4.78, 5) is 21.9. The molecule has 38 heavy (non-hydrogen) atoms. The molecule has 1 aliphatic heterocycles. The van der Waals surface area contributed by atoms with Crippen LogP contribution in [0.25, 0.3) is 28.0 Å². The Morgan fingerprint density at radius 2 is 1.61 bits per heavy atom. The maximum absolute atomic E-state index is 13.4. The first kappa shape index (κ1) is 24.7. The summed E-state index contributed by atoms with van der Waals surface area (Å²) < 4.78 is 42.1. The van der Waals surface area contributed by atoms with Crippen LogP contribution in [0.15, 0.2) is 72.9 Å². The van der Waals surface area contributed by atoms with E-state index >= 15 is 0 Å². The minimum absolute atomic E-state index is 0.208. The van der Waals surface area contributed by atoms with Crippen molar-refractivity contribution in [1.82, 2.24) is 19.2 Å². The summed E-state index contributed by atoms with van der Waals surface area (Å²) in [5, 5.41) is 0. The third-order valence-electron chi connectivity index (χ3n) is 7.80. The standard InChI is InChI=1S/C30H29F3N4O/c31-30(32,33)25-11-5-10-23(18-25)24-12-13-27-34-28(21-6-2-1-3-7-21)26(37(27)19-24)20-35-14-16-36(17-15-35)29(38)22-8-4-9-22/h1-3,5-7,10-13,18-19,22H,4,8-9,14-17,20H2. The molecule has 8 heteroatoms. The van der Waals surface area contributed by atoms with Crippen molar-refractivity contribution in [3.63, 3.8) is 0 Å². The van der Waals surface area contributed by atoms with Gasteiger partial charge in [-0.3, -0.25) is 9.69 Å². The second-order valence-corrected chi connectivity index (χ2v) is 10.2. The normalized spacial score (nSPS) is 17.1. The number of hydrogen-bond donors (Lipinski definition) is 0. The van der Waals surface area contributed by atoms with E-state index in [2.05, 4.69) is 4.90 Å². The van der Waals surface area contributed by atoms with Crippen LogP contribution in [-0.4, -0.2) is 51.3 Å². The lowest BCUT2D eigenvalue weighted by Crippen LogP contribution is -2.50. The second kappa shape index (κ2) is 9.91. The van der Waals surface area contributed by atoms with Crippen molar-refractivity contribution in [3.8, 4) is 22.4 Å². The number of imidazole rings is 1. The van der Waals surface area contributed by atoms with E-state index in [9.17, 15) is 18.0 Å². The Bertz CT molecular complexity index is 1450. The van der Waals surface area contributed by atoms with Gasteiger partial charge in [-0.25, -0.2) is 4.98 Å². The Hall–Kier alpha value is -3.65. The zero-order chi connectivity index (χ0) is 26.3. The van der Waals surface area contributed by atoms with Crippen LogP contribution in [0.1, 0.15) is 30.5 Å². The first-order valence-electron chi connectivity index (χ1n) is 13.1. The van der Waals surface area contributed by atoms with Crippen LogP contribution >= 0.6 is 0 Å². The highest BCUT2D eigenvalue weighted by atomic mass is 19.4. The molecule has 0 spiro atoms. The first-order valence-corrected chi connectivity index (χ1v) is 13.1. The molecule has 0 N–H and O–H groups in total. The number of halogens is 3. The molecule has 1 saturated heterocycles. The molecule has 3 heterocycles. The van der Waals surface area contributed by atoms with E-state index in [-0.39, 0.29) is 5.92 Å². The molecule has 1 saturated carbocycles. The molecule has 2 aliphatic rings. The summed E-state index contributed by atoms with van der Waals surface area (Å²) in [5.41, 5.74) is 4.11. The highest BCUT2D eigenvalue weighted by molar-refractivity contribution is 5.79.